The normalized spacial score (nSPS) is 9.92. The molecule has 0 saturated heterocycles. The lowest BCUT2D eigenvalue weighted by Gasteiger charge is -2.10. The van der Waals surface area contributed by atoms with E-state index in [-0.39, 0.29) is 12.4 Å². The van der Waals surface area contributed by atoms with Crippen LogP contribution < -0.4 is 20.7 Å². The first-order valence-corrected chi connectivity index (χ1v) is 7.29. The predicted octanol–water partition coefficient (Wildman–Crippen LogP) is 2.27. The molecule has 0 aliphatic heterocycles. The van der Waals surface area contributed by atoms with Crippen molar-refractivity contribution in [3.63, 3.8) is 0 Å². The Morgan fingerprint density at radius 2 is 1.88 bits per heavy atom. The minimum atomic E-state index is -0.557. The molecular weight excluding hydrogens is 313 g/mol. The van der Waals surface area contributed by atoms with E-state index >= 15 is 0 Å². The summed E-state index contributed by atoms with van der Waals surface area (Å²) in [6, 6.07) is 12.6. The number of urea groups is 1. The molecule has 2 aromatic carbocycles. The molecule has 0 spiro atoms. The average Bonchev–Trinajstić information content (AvgIpc) is 2.60. The maximum atomic E-state index is 12.8. The van der Waals surface area contributed by atoms with Gasteiger partial charge in [-0.2, -0.15) is 0 Å². The van der Waals surface area contributed by atoms with Gasteiger partial charge in [-0.05, 0) is 29.8 Å². The standard InChI is InChI=1S/C17H18FN3O3/c1-19-17(23)21-16(22)10-20-14-3-2-4-15(9-14)24-11-12-5-7-13(18)8-6-12/h2-9,20H,10-11H2,1H3,(H2,19,21,22,23). The Balaban J connectivity index is 1.85. The molecule has 0 saturated carbocycles. The fourth-order valence-electron chi connectivity index (χ4n) is 1.86. The highest BCUT2D eigenvalue weighted by Gasteiger charge is 2.05. The molecule has 2 aromatic rings. The zero-order valence-corrected chi connectivity index (χ0v) is 13.1. The summed E-state index contributed by atoms with van der Waals surface area (Å²) in [5.41, 5.74) is 1.53. The van der Waals surface area contributed by atoms with E-state index < -0.39 is 11.9 Å². The monoisotopic (exact) mass is 331 g/mol. The van der Waals surface area contributed by atoms with Crippen LogP contribution in [0.25, 0.3) is 0 Å². The summed E-state index contributed by atoms with van der Waals surface area (Å²) in [4.78, 5) is 22.5. The van der Waals surface area contributed by atoms with Crippen molar-refractivity contribution in [2.45, 2.75) is 6.61 Å². The third-order valence-electron chi connectivity index (χ3n) is 3.09. The van der Waals surface area contributed by atoms with Crippen LogP contribution >= 0.6 is 0 Å². The lowest BCUT2D eigenvalue weighted by molar-refractivity contribution is -0.118. The van der Waals surface area contributed by atoms with Gasteiger partial charge in [-0.3, -0.25) is 10.1 Å². The van der Waals surface area contributed by atoms with E-state index in [9.17, 15) is 14.0 Å². The Morgan fingerprint density at radius 3 is 2.58 bits per heavy atom. The van der Waals surface area contributed by atoms with Crippen LogP contribution in [0.4, 0.5) is 14.9 Å². The van der Waals surface area contributed by atoms with Gasteiger partial charge in [0.1, 0.15) is 18.2 Å². The topological polar surface area (TPSA) is 79.5 Å². The summed E-state index contributed by atoms with van der Waals surface area (Å²) in [5.74, 6) is -0.136. The van der Waals surface area contributed by atoms with E-state index in [1.54, 1.807) is 36.4 Å². The van der Waals surface area contributed by atoms with Crippen LogP contribution in [0.3, 0.4) is 0 Å². The smallest absolute Gasteiger partial charge is 0.321 e. The SMILES string of the molecule is CNC(=O)NC(=O)CNc1cccc(OCc2ccc(F)cc2)c1. The van der Waals surface area contributed by atoms with Gasteiger partial charge < -0.3 is 15.4 Å². The summed E-state index contributed by atoms with van der Waals surface area (Å²) >= 11 is 0. The second-order valence-corrected chi connectivity index (χ2v) is 4.92. The van der Waals surface area contributed by atoms with E-state index in [1.807, 2.05) is 0 Å². The molecule has 7 heteroatoms. The van der Waals surface area contributed by atoms with Gasteiger partial charge in [-0.25, -0.2) is 9.18 Å². The second kappa shape index (κ2) is 8.52. The van der Waals surface area contributed by atoms with Crippen LogP contribution in [0.2, 0.25) is 0 Å². The van der Waals surface area contributed by atoms with E-state index in [0.29, 0.717) is 18.0 Å². The third-order valence-corrected chi connectivity index (χ3v) is 3.09. The highest BCUT2D eigenvalue weighted by atomic mass is 19.1. The van der Waals surface area contributed by atoms with Crippen molar-refractivity contribution in [3.8, 4) is 5.75 Å². The molecule has 3 N–H and O–H groups in total. The van der Waals surface area contributed by atoms with Gasteiger partial charge in [0, 0.05) is 18.8 Å². The number of carbonyl (C=O) groups is 2. The molecule has 0 heterocycles. The first-order chi connectivity index (χ1) is 11.6. The lowest BCUT2D eigenvalue weighted by atomic mass is 10.2. The predicted molar refractivity (Wildman–Crippen MR) is 88.3 cm³/mol. The second-order valence-electron chi connectivity index (χ2n) is 4.92. The number of imide groups is 1. The Labute approximate surface area is 139 Å². The molecule has 126 valence electrons. The Bertz CT molecular complexity index is 704. The molecule has 0 aromatic heterocycles. The van der Waals surface area contributed by atoms with Gasteiger partial charge >= 0.3 is 6.03 Å². The van der Waals surface area contributed by atoms with Crippen LogP contribution in [0.15, 0.2) is 48.5 Å². The van der Waals surface area contributed by atoms with Crippen molar-refractivity contribution in [2.24, 2.45) is 0 Å². The molecule has 0 unspecified atom stereocenters. The Hall–Kier alpha value is -3.09. The van der Waals surface area contributed by atoms with Crippen LogP contribution in [0.5, 0.6) is 5.75 Å². The zero-order chi connectivity index (χ0) is 17.4. The maximum Gasteiger partial charge on any atom is 0.321 e. The molecule has 3 amide bonds. The number of hydrogen-bond acceptors (Lipinski definition) is 4. The number of ether oxygens (including phenoxy) is 1. The fourth-order valence-corrected chi connectivity index (χ4v) is 1.86. The Morgan fingerprint density at radius 1 is 1.12 bits per heavy atom. The van der Waals surface area contributed by atoms with E-state index in [2.05, 4.69) is 16.0 Å². The van der Waals surface area contributed by atoms with Gasteiger partial charge in [0.15, 0.2) is 0 Å². The summed E-state index contributed by atoms with van der Waals surface area (Å²) in [5, 5.41) is 7.35. The van der Waals surface area contributed by atoms with E-state index in [1.165, 1.54) is 19.2 Å². The quantitative estimate of drug-likeness (QED) is 0.759. The first-order valence-electron chi connectivity index (χ1n) is 7.29. The number of anilines is 1. The zero-order valence-electron chi connectivity index (χ0n) is 13.1. The molecule has 2 rings (SSSR count). The van der Waals surface area contributed by atoms with Crippen molar-refractivity contribution < 1.29 is 18.7 Å². The van der Waals surface area contributed by atoms with Crippen molar-refractivity contribution >= 4 is 17.6 Å². The molecule has 0 bridgehead atoms. The van der Waals surface area contributed by atoms with Crippen LogP contribution in [0, 0.1) is 5.82 Å². The third kappa shape index (κ3) is 5.60. The minimum Gasteiger partial charge on any atom is -0.489 e. The van der Waals surface area contributed by atoms with Gasteiger partial charge in [-0.1, -0.05) is 18.2 Å². The Kier molecular flexibility index (Phi) is 6.13. The van der Waals surface area contributed by atoms with Crippen molar-refractivity contribution in [3.05, 3.63) is 59.9 Å². The summed E-state index contributed by atoms with van der Waals surface area (Å²) in [6.07, 6.45) is 0. The number of benzene rings is 2. The fraction of sp³-hybridized carbons (Fsp3) is 0.176. The summed E-state index contributed by atoms with van der Waals surface area (Å²) in [6.45, 7) is 0.260. The highest BCUT2D eigenvalue weighted by Crippen LogP contribution is 2.18. The number of rotatable bonds is 6. The molecular formula is C17H18FN3O3. The summed E-state index contributed by atoms with van der Waals surface area (Å²) in [7, 11) is 1.43. The van der Waals surface area contributed by atoms with Crippen molar-refractivity contribution in [2.75, 3.05) is 18.9 Å². The first kappa shape index (κ1) is 17.3. The molecule has 0 aliphatic carbocycles. The summed E-state index contributed by atoms with van der Waals surface area (Å²) < 4.78 is 18.5. The lowest BCUT2D eigenvalue weighted by Crippen LogP contribution is -2.40. The number of halogens is 1. The van der Waals surface area contributed by atoms with Crippen LogP contribution in [-0.4, -0.2) is 25.5 Å². The van der Waals surface area contributed by atoms with Gasteiger partial charge in [0.25, 0.3) is 0 Å². The molecule has 6 nitrogen and oxygen atoms in total. The van der Waals surface area contributed by atoms with Crippen LogP contribution in [-0.2, 0) is 11.4 Å². The van der Waals surface area contributed by atoms with Gasteiger partial charge in [0.05, 0.1) is 6.54 Å². The van der Waals surface area contributed by atoms with Crippen molar-refractivity contribution in [1.29, 1.82) is 0 Å². The maximum absolute atomic E-state index is 12.8. The number of carbonyl (C=O) groups excluding carboxylic acids is 2. The minimum absolute atomic E-state index is 0.0468. The molecule has 24 heavy (non-hydrogen) atoms. The largest absolute Gasteiger partial charge is 0.489 e. The number of hydrogen-bond donors (Lipinski definition) is 3. The van der Waals surface area contributed by atoms with Crippen molar-refractivity contribution in [1.82, 2.24) is 10.6 Å². The van der Waals surface area contributed by atoms with Gasteiger partial charge in [0.2, 0.25) is 5.91 Å². The highest BCUT2D eigenvalue weighted by molar-refractivity contribution is 5.96. The van der Waals surface area contributed by atoms with E-state index in [4.69, 9.17) is 4.74 Å². The number of nitrogens with one attached hydrogen (secondary N) is 3. The number of amides is 3. The van der Waals surface area contributed by atoms with Crippen LogP contribution in [0.1, 0.15) is 5.56 Å². The van der Waals surface area contributed by atoms with Gasteiger partial charge in [-0.15, -0.1) is 0 Å². The molecule has 0 radical (unpaired) electrons. The average molecular weight is 331 g/mol. The molecule has 0 fully saturated rings. The van der Waals surface area contributed by atoms with E-state index in [0.717, 1.165) is 5.56 Å². The molecule has 0 atom stereocenters. The molecule has 0 aliphatic rings.